The first kappa shape index (κ1) is 21.3. The summed E-state index contributed by atoms with van der Waals surface area (Å²) in [6.07, 6.45) is 1.26. The van der Waals surface area contributed by atoms with Crippen LogP contribution in [0, 0.1) is 13.8 Å². The Morgan fingerprint density at radius 2 is 1.83 bits per heavy atom. The van der Waals surface area contributed by atoms with Gasteiger partial charge in [-0.2, -0.15) is 0 Å². The maximum atomic E-state index is 12.5. The molecular weight excluding hydrogens is 388 g/mol. The monoisotopic (exact) mass is 416 g/mol. The second-order valence-electron chi connectivity index (χ2n) is 7.06. The SMILES string of the molecule is CCOCc1nc2c(N)nc(C)c(C)c2n1CCCCS(=O)(=O)c1ccccc1. The predicted octanol–water partition coefficient (Wildman–Crippen LogP) is 3.42. The van der Waals surface area contributed by atoms with Gasteiger partial charge in [0.15, 0.2) is 15.7 Å². The van der Waals surface area contributed by atoms with Gasteiger partial charge in [-0.1, -0.05) is 18.2 Å². The molecule has 0 unspecified atom stereocenters. The fourth-order valence-electron chi connectivity index (χ4n) is 3.40. The highest BCUT2D eigenvalue weighted by Gasteiger charge is 2.18. The highest BCUT2D eigenvalue weighted by Crippen LogP contribution is 2.27. The van der Waals surface area contributed by atoms with Crippen molar-refractivity contribution in [3.8, 4) is 0 Å². The molecule has 0 fully saturated rings. The zero-order chi connectivity index (χ0) is 21.0. The Balaban J connectivity index is 1.80. The zero-order valence-corrected chi connectivity index (χ0v) is 18.0. The fourth-order valence-corrected chi connectivity index (χ4v) is 4.79. The standard InChI is InChI=1S/C21H28N4O3S/c1-4-28-14-18-24-19-20(15(2)16(3)23-21(19)22)25(18)12-8-9-13-29(26,27)17-10-6-5-7-11-17/h5-7,10-11H,4,8-9,12-14H2,1-3H3,(H2,22,23). The number of nitrogens with two attached hydrogens (primary N) is 1. The van der Waals surface area contributed by atoms with E-state index in [1.807, 2.05) is 26.8 Å². The Morgan fingerprint density at radius 3 is 2.52 bits per heavy atom. The van der Waals surface area contributed by atoms with Crippen molar-refractivity contribution in [2.24, 2.45) is 0 Å². The molecule has 0 atom stereocenters. The lowest BCUT2D eigenvalue weighted by Crippen LogP contribution is -2.10. The molecule has 1 aromatic carbocycles. The molecule has 8 heteroatoms. The van der Waals surface area contributed by atoms with Gasteiger partial charge < -0.3 is 15.0 Å². The van der Waals surface area contributed by atoms with Gasteiger partial charge in [0.05, 0.1) is 16.2 Å². The molecule has 0 bridgehead atoms. The smallest absolute Gasteiger partial charge is 0.178 e. The molecule has 29 heavy (non-hydrogen) atoms. The van der Waals surface area contributed by atoms with Crippen LogP contribution in [0.25, 0.3) is 11.0 Å². The molecule has 0 aliphatic heterocycles. The predicted molar refractivity (Wildman–Crippen MR) is 114 cm³/mol. The maximum absolute atomic E-state index is 12.5. The molecule has 0 aliphatic rings. The third-order valence-corrected chi connectivity index (χ3v) is 6.87. The summed E-state index contributed by atoms with van der Waals surface area (Å²) >= 11 is 0. The quantitative estimate of drug-likeness (QED) is 0.537. The summed E-state index contributed by atoms with van der Waals surface area (Å²) in [5.74, 6) is 1.31. The van der Waals surface area contributed by atoms with Crippen LogP contribution in [0.3, 0.4) is 0 Å². The number of pyridine rings is 1. The normalized spacial score (nSPS) is 12.0. The lowest BCUT2D eigenvalue weighted by Gasteiger charge is -2.12. The molecule has 0 saturated heterocycles. The molecule has 156 valence electrons. The van der Waals surface area contributed by atoms with Gasteiger partial charge >= 0.3 is 0 Å². The molecule has 0 spiro atoms. The summed E-state index contributed by atoms with van der Waals surface area (Å²) in [5.41, 5.74) is 9.64. The summed E-state index contributed by atoms with van der Waals surface area (Å²) in [6.45, 7) is 7.49. The number of ether oxygens (including phenoxy) is 1. The number of aromatic nitrogens is 3. The van der Waals surface area contributed by atoms with Crippen LogP contribution in [-0.2, 0) is 27.7 Å². The molecule has 3 rings (SSSR count). The number of nitrogens with zero attached hydrogens (tertiary/aromatic N) is 3. The number of anilines is 1. The number of fused-ring (bicyclic) bond motifs is 1. The van der Waals surface area contributed by atoms with Crippen LogP contribution in [-0.4, -0.2) is 35.3 Å². The van der Waals surface area contributed by atoms with Crippen molar-refractivity contribution in [1.82, 2.24) is 14.5 Å². The van der Waals surface area contributed by atoms with E-state index in [0.29, 0.717) is 48.8 Å². The van der Waals surface area contributed by atoms with E-state index in [9.17, 15) is 8.42 Å². The van der Waals surface area contributed by atoms with Crippen molar-refractivity contribution < 1.29 is 13.2 Å². The Morgan fingerprint density at radius 1 is 1.10 bits per heavy atom. The summed E-state index contributed by atoms with van der Waals surface area (Å²) in [4.78, 5) is 9.41. The molecule has 2 aromatic heterocycles. The molecule has 2 heterocycles. The Bertz CT molecular complexity index is 1090. The number of hydrogen-bond donors (Lipinski definition) is 1. The van der Waals surface area contributed by atoms with E-state index in [-0.39, 0.29) is 5.75 Å². The molecule has 0 aliphatic carbocycles. The Labute approximate surface area is 171 Å². The van der Waals surface area contributed by atoms with E-state index in [1.54, 1.807) is 24.3 Å². The minimum atomic E-state index is -3.27. The number of unbranched alkanes of at least 4 members (excludes halogenated alkanes) is 1. The van der Waals surface area contributed by atoms with Crippen LogP contribution >= 0.6 is 0 Å². The highest BCUT2D eigenvalue weighted by molar-refractivity contribution is 7.91. The van der Waals surface area contributed by atoms with Gasteiger partial charge in [-0.15, -0.1) is 0 Å². The van der Waals surface area contributed by atoms with Gasteiger partial charge in [-0.25, -0.2) is 18.4 Å². The third-order valence-electron chi connectivity index (χ3n) is 5.06. The summed E-state index contributed by atoms with van der Waals surface area (Å²) < 4.78 is 32.7. The van der Waals surface area contributed by atoms with Gasteiger partial charge in [0, 0.05) is 18.8 Å². The topological polar surface area (TPSA) is 100 Å². The van der Waals surface area contributed by atoms with Crippen molar-refractivity contribution in [1.29, 1.82) is 0 Å². The number of aryl methyl sites for hydroxylation is 3. The number of benzene rings is 1. The second-order valence-corrected chi connectivity index (χ2v) is 9.17. The number of imidazole rings is 1. The van der Waals surface area contributed by atoms with Crippen LogP contribution in [0.15, 0.2) is 35.2 Å². The van der Waals surface area contributed by atoms with Crippen molar-refractivity contribution in [3.05, 3.63) is 47.4 Å². The first-order valence-corrected chi connectivity index (χ1v) is 11.5. The average Bonchev–Trinajstić information content (AvgIpc) is 3.07. The molecular formula is C21H28N4O3S. The fraction of sp³-hybridized carbons (Fsp3) is 0.429. The second kappa shape index (κ2) is 8.92. The average molecular weight is 417 g/mol. The minimum Gasteiger partial charge on any atom is -0.382 e. The maximum Gasteiger partial charge on any atom is 0.178 e. The highest BCUT2D eigenvalue weighted by atomic mass is 32.2. The van der Waals surface area contributed by atoms with E-state index < -0.39 is 9.84 Å². The number of nitrogen functional groups attached to an aromatic ring is 1. The lowest BCUT2D eigenvalue weighted by molar-refractivity contribution is 0.126. The van der Waals surface area contributed by atoms with Crippen molar-refractivity contribution in [2.45, 2.75) is 51.7 Å². The number of hydrogen-bond acceptors (Lipinski definition) is 6. The zero-order valence-electron chi connectivity index (χ0n) is 17.2. The minimum absolute atomic E-state index is 0.117. The van der Waals surface area contributed by atoms with E-state index in [2.05, 4.69) is 14.5 Å². The van der Waals surface area contributed by atoms with Gasteiger partial charge in [0.1, 0.15) is 17.9 Å². The van der Waals surface area contributed by atoms with E-state index >= 15 is 0 Å². The van der Waals surface area contributed by atoms with Crippen molar-refractivity contribution in [3.63, 3.8) is 0 Å². The number of rotatable bonds is 9. The summed E-state index contributed by atoms with van der Waals surface area (Å²) in [5, 5.41) is 0. The molecule has 0 saturated carbocycles. The Kier molecular flexibility index (Phi) is 6.54. The lowest BCUT2D eigenvalue weighted by atomic mass is 10.2. The largest absolute Gasteiger partial charge is 0.382 e. The van der Waals surface area contributed by atoms with Crippen LogP contribution in [0.5, 0.6) is 0 Å². The van der Waals surface area contributed by atoms with Gasteiger partial charge in [-0.3, -0.25) is 0 Å². The van der Waals surface area contributed by atoms with Crippen molar-refractivity contribution >= 4 is 26.7 Å². The molecule has 2 N–H and O–H groups in total. The van der Waals surface area contributed by atoms with Crippen LogP contribution in [0.4, 0.5) is 5.82 Å². The van der Waals surface area contributed by atoms with Crippen LogP contribution in [0.1, 0.15) is 36.8 Å². The first-order valence-electron chi connectivity index (χ1n) is 9.82. The van der Waals surface area contributed by atoms with Crippen LogP contribution < -0.4 is 5.73 Å². The number of sulfone groups is 1. The van der Waals surface area contributed by atoms with Gasteiger partial charge in [0.25, 0.3) is 0 Å². The van der Waals surface area contributed by atoms with E-state index in [4.69, 9.17) is 10.5 Å². The van der Waals surface area contributed by atoms with E-state index in [0.717, 1.165) is 22.6 Å². The van der Waals surface area contributed by atoms with Gasteiger partial charge in [-0.05, 0) is 51.3 Å². The molecule has 7 nitrogen and oxygen atoms in total. The van der Waals surface area contributed by atoms with Crippen LogP contribution in [0.2, 0.25) is 0 Å². The van der Waals surface area contributed by atoms with Crippen molar-refractivity contribution in [2.75, 3.05) is 18.1 Å². The summed E-state index contributed by atoms with van der Waals surface area (Å²) in [6, 6.07) is 8.58. The first-order chi connectivity index (χ1) is 13.8. The molecule has 0 amide bonds. The molecule has 3 aromatic rings. The van der Waals surface area contributed by atoms with E-state index in [1.165, 1.54) is 0 Å². The van der Waals surface area contributed by atoms with Gasteiger partial charge in [0.2, 0.25) is 0 Å². The Hall–Kier alpha value is -2.45. The third kappa shape index (κ3) is 4.59. The summed E-state index contributed by atoms with van der Waals surface area (Å²) in [7, 11) is -3.27. The molecule has 0 radical (unpaired) electrons.